The van der Waals surface area contributed by atoms with Crippen LogP contribution in [0.2, 0.25) is 78.6 Å². The fourth-order valence-electron chi connectivity index (χ4n) is 8.52. The Morgan fingerprint density at radius 2 is 0.750 bits per heavy atom. The largest absolute Gasteiger partial charge is 0.310 e. The first-order valence-corrected chi connectivity index (χ1v) is 35.4. The molecule has 60 heavy (non-hydrogen) atoms. The van der Waals surface area contributed by atoms with E-state index >= 15 is 0 Å². The number of para-hydroxylation sites is 1. The Labute approximate surface area is 362 Å². The smallest absolute Gasteiger partial charge is 0.0992 e. The van der Waals surface area contributed by atoms with E-state index in [-0.39, 0.29) is 0 Å². The predicted molar refractivity (Wildman–Crippen MR) is 276 cm³/mol. The van der Waals surface area contributed by atoms with Crippen LogP contribution in [0.1, 0.15) is 5.56 Å². The molecule has 0 aromatic heterocycles. The van der Waals surface area contributed by atoms with Gasteiger partial charge in [-0.05, 0) is 88.3 Å². The molecule has 0 fully saturated rings. The standard InChI is InChI=1S/C53H59N3Si4/c1-57(2,3)44-30-42(31-45(34-44)58(4,5)6)55(40-18-14-13-15-19-40)50-27-23-38-22-26-49-51(28-24-39-21-25-48(50)52(38)53(39)49)56(41-20-16-17-37(29-41)36-54)43-32-46(59(7,8)9)35-47(33-43)60(10,11)12/h13-35H,1-12H3. The van der Waals surface area contributed by atoms with E-state index in [1.54, 1.807) is 0 Å². The number of anilines is 6. The van der Waals surface area contributed by atoms with E-state index in [9.17, 15) is 5.26 Å². The van der Waals surface area contributed by atoms with Crippen molar-refractivity contribution in [2.75, 3.05) is 9.80 Å². The van der Waals surface area contributed by atoms with Gasteiger partial charge in [0, 0.05) is 33.5 Å². The van der Waals surface area contributed by atoms with Gasteiger partial charge in [-0.15, -0.1) is 0 Å². The number of nitriles is 1. The third-order valence-electron chi connectivity index (χ3n) is 12.2. The van der Waals surface area contributed by atoms with Crippen molar-refractivity contribution in [2.24, 2.45) is 0 Å². The van der Waals surface area contributed by atoms with E-state index in [0.29, 0.717) is 5.56 Å². The lowest BCUT2D eigenvalue weighted by Gasteiger charge is -2.32. The first-order valence-electron chi connectivity index (χ1n) is 21.4. The number of rotatable bonds is 10. The summed E-state index contributed by atoms with van der Waals surface area (Å²) in [5, 5.41) is 23.5. The Bertz CT molecular complexity index is 2870. The molecular formula is C53H59N3Si4. The summed E-state index contributed by atoms with van der Waals surface area (Å²) < 4.78 is 0. The minimum atomic E-state index is -1.71. The lowest BCUT2D eigenvalue weighted by atomic mass is 9.91. The highest BCUT2D eigenvalue weighted by Crippen LogP contribution is 2.47. The van der Waals surface area contributed by atoms with Gasteiger partial charge >= 0.3 is 0 Å². The maximum atomic E-state index is 10.1. The molecule has 0 spiro atoms. The summed E-state index contributed by atoms with van der Waals surface area (Å²) in [6, 6.07) is 55.0. The Morgan fingerprint density at radius 3 is 1.15 bits per heavy atom. The quantitative estimate of drug-likeness (QED) is 0.101. The second-order valence-corrected chi connectivity index (χ2v) is 41.1. The molecule has 0 bridgehead atoms. The Hall–Kier alpha value is -5.24. The van der Waals surface area contributed by atoms with Crippen LogP contribution in [0, 0.1) is 11.3 Å². The first kappa shape index (κ1) is 41.5. The maximum Gasteiger partial charge on any atom is 0.0992 e. The van der Waals surface area contributed by atoms with Crippen LogP contribution in [0.15, 0.2) is 140 Å². The summed E-state index contributed by atoms with van der Waals surface area (Å²) >= 11 is 0. The van der Waals surface area contributed by atoms with Crippen molar-refractivity contribution in [3.8, 4) is 6.07 Å². The van der Waals surface area contributed by atoms with Gasteiger partial charge in [0.15, 0.2) is 0 Å². The van der Waals surface area contributed by atoms with Gasteiger partial charge in [-0.1, -0.05) is 172 Å². The van der Waals surface area contributed by atoms with E-state index in [1.807, 2.05) is 18.2 Å². The van der Waals surface area contributed by atoms with Crippen molar-refractivity contribution in [2.45, 2.75) is 78.6 Å². The summed E-state index contributed by atoms with van der Waals surface area (Å²) in [4.78, 5) is 4.94. The molecule has 0 unspecified atom stereocenters. The van der Waals surface area contributed by atoms with E-state index < -0.39 is 32.3 Å². The van der Waals surface area contributed by atoms with Crippen molar-refractivity contribution in [3.05, 3.63) is 145 Å². The van der Waals surface area contributed by atoms with Gasteiger partial charge in [0.1, 0.15) is 0 Å². The zero-order chi connectivity index (χ0) is 42.9. The van der Waals surface area contributed by atoms with E-state index in [1.165, 1.54) is 64.4 Å². The third-order valence-corrected chi connectivity index (χ3v) is 20.2. The molecule has 8 aromatic rings. The number of hydrogen-bond acceptors (Lipinski definition) is 3. The van der Waals surface area contributed by atoms with Gasteiger partial charge < -0.3 is 9.80 Å². The highest BCUT2D eigenvalue weighted by atomic mass is 28.3. The van der Waals surface area contributed by atoms with Gasteiger partial charge in [0.2, 0.25) is 0 Å². The molecule has 0 amide bonds. The Balaban J connectivity index is 1.44. The van der Waals surface area contributed by atoms with Crippen molar-refractivity contribution in [3.63, 3.8) is 0 Å². The topological polar surface area (TPSA) is 30.3 Å². The molecule has 0 aliphatic heterocycles. The molecule has 0 radical (unpaired) electrons. The molecular weight excluding hydrogens is 791 g/mol. The van der Waals surface area contributed by atoms with Crippen molar-refractivity contribution < 1.29 is 0 Å². The molecule has 0 aliphatic carbocycles. The fourth-order valence-corrected chi connectivity index (χ4v) is 13.5. The molecule has 0 aliphatic rings. The second kappa shape index (κ2) is 15.0. The highest BCUT2D eigenvalue weighted by molar-refractivity contribution is 6.92. The summed E-state index contributed by atoms with van der Waals surface area (Å²) in [5.74, 6) is 0. The van der Waals surface area contributed by atoms with Crippen LogP contribution in [-0.2, 0) is 0 Å². The second-order valence-electron chi connectivity index (χ2n) is 20.8. The molecule has 0 N–H and O–H groups in total. The van der Waals surface area contributed by atoms with Gasteiger partial charge in [0.05, 0.1) is 55.3 Å². The zero-order valence-electron chi connectivity index (χ0n) is 37.6. The summed E-state index contributed by atoms with van der Waals surface area (Å²) in [6.45, 7) is 29.5. The Morgan fingerprint density at radius 1 is 0.367 bits per heavy atom. The summed E-state index contributed by atoms with van der Waals surface area (Å²) in [5.41, 5.74) is 7.51. The van der Waals surface area contributed by atoms with Crippen LogP contribution in [0.3, 0.4) is 0 Å². The molecule has 0 heterocycles. The molecule has 0 saturated heterocycles. The molecule has 8 rings (SSSR count). The van der Waals surface area contributed by atoms with Crippen molar-refractivity contribution in [1.29, 1.82) is 5.26 Å². The molecule has 0 saturated carbocycles. The number of nitrogens with zero attached hydrogens (tertiary/aromatic N) is 3. The highest BCUT2D eigenvalue weighted by Gasteiger charge is 2.29. The number of benzene rings is 8. The van der Waals surface area contributed by atoms with Crippen LogP contribution in [0.25, 0.3) is 32.3 Å². The van der Waals surface area contributed by atoms with Gasteiger partial charge in [-0.25, -0.2) is 0 Å². The van der Waals surface area contributed by atoms with Gasteiger partial charge in [-0.3, -0.25) is 0 Å². The molecule has 0 atom stereocenters. The molecule has 3 nitrogen and oxygen atoms in total. The monoisotopic (exact) mass is 849 g/mol. The lowest BCUT2D eigenvalue weighted by Crippen LogP contribution is -2.45. The average Bonchev–Trinajstić information content (AvgIpc) is 3.20. The van der Waals surface area contributed by atoms with E-state index in [0.717, 1.165) is 22.7 Å². The maximum absolute atomic E-state index is 10.1. The third kappa shape index (κ3) is 7.78. The SMILES string of the molecule is C[Si](C)(C)c1cc(N(c2ccccc2)c2ccc3ccc4c(N(c5cccc(C#N)c5)c5cc([Si](C)(C)C)cc([Si](C)(C)C)c5)ccc5ccc2c3c54)cc([Si](C)(C)C)c1. The fraction of sp³-hybridized carbons (Fsp3) is 0.226. The minimum Gasteiger partial charge on any atom is -0.310 e. The van der Waals surface area contributed by atoms with E-state index in [2.05, 4.69) is 216 Å². The minimum absolute atomic E-state index is 0.656. The van der Waals surface area contributed by atoms with Crippen molar-refractivity contribution in [1.82, 2.24) is 0 Å². The number of hydrogen-bond donors (Lipinski definition) is 0. The van der Waals surface area contributed by atoms with E-state index in [4.69, 9.17) is 0 Å². The van der Waals surface area contributed by atoms with Crippen LogP contribution in [-0.4, -0.2) is 32.3 Å². The molecule has 8 aromatic carbocycles. The van der Waals surface area contributed by atoms with Crippen LogP contribution in [0.4, 0.5) is 34.1 Å². The van der Waals surface area contributed by atoms with Crippen LogP contribution < -0.4 is 30.5 Å². The lowest BCUT2D eigenvalue weighted by molar-refractivity contribution is 1.30. The molecule has 302 valence electrons. The van der Waals surface area contributed by atoms with Crippen molar-refractivity contribution >= 4 is 119 Å². The zero-order valence-corrected chi connectivity index (χ0v) is 41.6. The van der Waals surface area contributed by atoms with Gasteiger partial charge in [0.25, 0.3) is 0 Å². The first-order chi connectivity index (χ1) is 28.2. The predicted octanol–water partition coefficient (Wildman–Crippen LogP) is 13.6. The van der Waals surface area contributed by atoms with Gasteiger partial charge in [-0.2, -0.15) is 5.26 Å². The van der Waals surface area contributed by atoms with Crippen LogP contribution >= 0.6 is 0 Å². The average molecular weight is 850 g/mol. The summed E-state index contributed by atoms with van der Waals surface area (Å²) in [7, 11) is -6.73. The van der Waals surface area contributed by atoms with Crippen LogP contribution in [0.5, 0.6) is 0 Å². The normalized spacial score (nSPS) is 12.7. The summed E-state index contributed by atoms with van der Waals surface area (Å²) in [6.07, 6.45) is 0. The Kier molecular flexibility index (Phi) is 10.4. The molecule has 7 heteroatoms.